The van der Waals surface area contributed by atoms with Crippen molar-refractivity contribution in [3.8, 4) is 5.75 Å². The first-order valence-corrected chi connectivity index (χ1v) is 19.1. The quantitative estimate of drug-likeness (QED) is 0.0372. The van der Waals surface area contributed by atoms with Crippen LogP contribution in [0.4, 0.5) is 0 Å². The van der Waals surface area contributed by atoms with E-state index >= 15 is 0 Å². The predicted molar refractivity (Wildman–Crippen MR) is 183 cm³/mol. The Balaban J connectivity index is 1.63. The molecule has 2 aromatic rings. The molecule has 0 radical (unpaired) electrons. The van der Waals surface area contributed by atoms with Gasteiger partial charge in [0.1, 0.15) is 0 Å². The number of phosphoric ester groups is 1. The number of ether oxygens (including phenoxy) is 3. The summed E-state index contributed by atoms with van der Waals surface area (Å²) in [6, 6.07) is 11.8. The van der Waals surface area contributed by atoms with Gasteiger partial charge in [0.25, 0.3) is 0 Å². The summed E-state index contributed by atoms with van der Waals surface area (Å²) in [5.41, 5.74) is 0.951. The Morgan fingerprint density at radius 3 is 1.69 bits per heavy atom. The van der Waals surface area contributed by atoms with Crippen LogP contribution in [-0.4, -0.2) is 51.1 Å². The molecular weight excluding hydrogens is 591 g/mol. The molecule has 0 heterocycles. The molecule has 2 rings (SSSR count). The summed E-state index contributed by atoms with van der Waals surface area (Å²) >= 11 is 0. The molecule has 0 aliphatic heterocycles. The Labute approximate surface area is 273 Å². The van der Waals surface area contributed by atoms with E-state index in [4.69, 9.17) is 28.3 Å². The molecule has 1 N–H and O–H groups in total. The molecule has 1 unspecified atom stereocenters. The van der Waals surface area contributed by atoms with E-state index in [1.54, 1.807) is 0 Å². The van der Waals surface area contributed by atoms with Gasteiger partial charge in [-0.1, -0.05) is 144 Å². The Hall–Kier alpha value is -1.51. The average Bonchev–Trinajstić information content (AvgIpc) is 3.04. The zero-order valence-corrected chi connectivity index (χ0v) is 29.1. The lowest BCUT2D eigenvalue weighted by Gasteiger charge is -2.15. The van der Waals surface area contributed by atoms with Gasteiger partial charge in [-0.15, -0.1) is 0 Å². The van der Waals surface area contributed by atoms with E-state index in [2.05, 4.69) is 13.0 Å². The van der Waals surface area contributed by atoms with Crippen molar-refractivity contribution in [2.75, 3.05) is 46.2 Å². The smallest absolute Gasteiger partial charge is 0.379 e. The van der Waals surface area contributed by atoms with Crippen LogP contribution in [-0.2, 0) is 34.4 Å². The zero-order valence-electron chi connectivity index (χ0n) is 28.2. The molecule has 0 aromatic heterocycles. The Morgan fingerprint density at radius 1 is 0.600 bits per heavy atom. The Morgan fingerprint density at radius 2 is 1.11 bits per heavy atom. The number of rotatable bonds is 31. The number of hydrogen-bond acceptors (Lipinski definition) is 7. The van der Waals surface area contributed by atoms with Crippen molar-refractivity contribution in [2.45, 2.75) is 123 Å². The molecule has 258 valence electrons. The van der Waals surface area contributed by atoms with Crippen LogP contribution in [0.5, 0.6) is 5.75 Å². The van der Waals surface area contributed by atoms with Gasteiger partial charge >= 0.3 is 7.82 Å². The van der Waals surface area contributed by atoms with Crippen LogP contribution in [0.15, 0.2) is 36.4 Å². The second kappa shape index (κ2) is 26.5. The van der Waals surface area contributed by atoms with Crippen molar-refractivity contribution in [2.24, 2.45) is 0 Å². The molecule has 8 nitrogen and oxygen atoms in total. The van der Waals surface area contributed by atoms with Crippen LogP contribution in [0.25, 0.3) is 10.8 Å². The number of benzene rings is 2. The molecule has 0 aliphatic carbocycles. The molecule has 45 heavy (non-hydrogen) atoms. The lowest BCUT2D eigenvalue weighted by atomic mass is 10.00. The molecular formula is C36H61O8P. The third-order valence-corrected chi connectivity index (χ3v) is 8.68. The van der Waals surface area contributed by atoms with E-state index in [9.17, 15) is 9.46 Å². The van der Waals surface area contributed by atoms with Crippen LogP contribution in [0.2, 0.25) is 0 Å². The van der Waals surface area contributed by atoms with Crippen molar-refractivity contribution < 1.29 is 37.8 Å². The number of hydrogen-bond donors (Lipinski definition) is 1. The summed E-state index contributed by atoms with van der Waals surface area (Å²) in [6.45, 7) is 6.68. The fraction of sp³-hybridized carbons (Fsp3) is 0.722. The highest BCUT2D eigenvalue weighted by molar-refractivity contribution is 7.47. The molecule has 0 aliphatic rings. The number of fused-ring (bicyclic) bond motifs is 1. The Bertz CT molecular complexity index is 1030. The van der Waals surface area contributed by atoms with Gasteiger partial charge in [-0.05, 0) is 30.7 Å². The fourth-order valence-electron chi connectivity index (χ4n) is 5.35. The summed E-state index contributed by atoms with van der Waals surface area (Å²) in [5, 5.41) is 1.80. The van der Waals surface area contributed by atoms with E-state index in [1.165, 1.54) is 89.9 Å². The zero-order chi connectivity index (χ0) is 32.3. The van der Waals surface area contributed by atoms with E-state index in [-0.39, 0.29) is 13.2 Å². The standard InChI is InChI=1S/C36H61O8P/c1-3-5-6-7-8-9-10-11-12-13-14-15-16-17-18-19-23-34-26-25-33-22-20-21-24-35(33)36(34)43-44-45(37,38)42-32-31-41-30-29-40-28-27-39-4-2/h20-22,24-26H,3-19,23,27-32H2,1-2H3,(H,37,38). The minimum Gasteiger partial charge on any atom is -0.379 e. The minimum atomic E-state index is -4.44. The summed E-state index contributed by atoms with van der Waals surface area (Å²) in [7, 11) is -4.44. The monoisotopic (exact) mass is 652 g/mol. The lowest BCUT2D eigenvalue weighted by molar-refractivity contribution is -0.128. The highest BCUT2D eigenvalue weighted by atomic mass is 31.2. The highest BCUT2D eigenvalue weighted by Gasteiger charge is 2.25. The maximum Gasteiger partial charge on any atom is 0.508 e. The van der Waals surface area contributed by atoms with Crippen LogP contribution < -0.4 is 4.89 Å². The summed E-state index contributed by atoms with van der Waals surface area (Å²) in [5.74, 6) is 0.465. The maximum atomic E-state index is 12.5. The van der Waals surface area contributed by atoms with Crippen LogP contribution in [0, 0.1) is 0 Å². The molecule has 1 atom stereocenters. The first-order chi connectivity index (χ1) is 22.1. The van der Waals surface area contributed by atoms with Crippen molar-refractivity contribution in [3.63, 3.8) is 0 Å². The van der Waals surface area contributed by atoms with E-state index < -0.39 is 7.82 Å². The first-order valence-electron chi connectivity index (χ1n) is 17.6. The SMILES string of the molecule is CCCCCCCCCCCCCCCCCCc1ccc2ccccc2c1OOP(=O)(O)OCCOCCOCCOCC. The molecule has 9 heteroatoms. The first kappa shape index (κ1) is 39.7. The molecule has 2 aromatic carbocycles. The number of unbranched alkanes of at least 4 members (excludes halogenated alkanes) is 15. The number of phosphoric acid groups is 1. The van der Waals surface area contributed by atoms with Crippen LogP contribution in [0.1, 0.15) is 122 Å². The van der Waals surface area contributed by atoms with E-state index in [1.807, 2.05) is 37.3 Å². The maximum absolute atomic E-state index is 12.5. The van der Waals surface area contributed by atoms with Gasteiger partial charge in [-0.25, -0.2) is 4.57 Å². The normalized spacial score (nSPS) is 13.0. The Kier molecular flexibility index (Phi) is 23.4. The van der Waals surface area contributed by atoms with Gasteiger partial charge in [-0.3, -0.25) is 4.52 Å². The average molecular weight is 653 g/mol. The van der Waals surface area contributed by atoms with Crippen molar-refractivity contribution >= 4 is 18.6 Å². The van der Waals surface area contributed by atoms with Gasteiger partial charge in [0.05, 0.1) is 39.6 Å². The van der Waals surface area contributed by atoms with Gasteiger partial charge < -0.3 is 24.0 Å². The van der Waals surface area contributed by atoms with Crippen molar-refractivity contribution in [3.05, 3.63) is 42.0 Å². The minimum absolute atomic E-state index is 0.113. The molecule has 0 fully saturated rings. The van der Waals surface area contributed by atoms with E-state index in [0.717, 1.165) is 35.6 Å². The second-order valence-corrected chi connectivity index (χ2v) is 13.1. The third-order valence-electron chi connectivity index (χ3n) is 7.91. The lowest BCUT2D eigenvalue weighted by Crippen LogP contribution is -2.12. The molecule has 0 bridgehead atoms. The largest absolute Gasteiger partial charge is 0.508 e. The van der Waals surface area contributed by atoms with Crippen LogP contribution >= 0.6 is 7.82 Å². The third kappa shape index (κ3) is 19.7. The summed E-state index contributed by atoms with van der Waals surface area (Å²) < 4.78 is 38.4. The molecule has 0 saturated heterocycles. The van der Waals surface area contributed by atoms with E-state index in [0.29, 0.717) is 38.8 Å². The topological polar surface area (TPSA) is 92.7 Å². The van der Waals surface area contributed by atoms with Crippen molar-refractivity contribution in [1.82, 2.24) is 0 Å². The van der Waals surface area contributed by atoms with Gasteiger partial charge in [0, 0.05) is 12.0 Å². The predicted octanol–water partition coefficient (Wildman–Crippen LogP) is 10.1. The molecule has 0 amide bonds. The van der Waals surface area contributed by atoms with Gasteiger partial charge in [0.15, 0.2) is 5.75 Å². The fourth-order valence-corrected chi connectivity index (χ4v) is 5.87. The molecule has 0 spiro atoms. The van der Waals surface area contributed by atoms with Crippen LogP contribution in [0.3, 0.4) is 0 Å². The summed E-state index contributed by atoms with van der Waals surface area (Å²) in [6.07, 6.45) is 22.0. The van der Waals surface area contributed by atoms with Gasteiger partial charge in [0.2, 0.25) is 0 Å². The van der Waals surface area contributed by atoms with Gasteiger partial charge in [-0.2, -0.15) is 0 Å². The number of aryl methyl sites for hydroxylation is 1. The molecule has 0 saturated carbocycles. The summed E-state index contributed by atoms with van der Waals surface area (Å²) in [4.78, 5) is 15.7. The van der Waals surface area contributed by atoms with Crippen molar-refractivity contribution in [1.29, 1.82) is 0 Å². The highest BCUT2D eigenvalue weighted by Crippen LogP contribution is 2.45. The second-order valence-electron chi connectivity index (χ2n) is 11.7.